The summed E-state index contributed by atoms with van der Waals surface area (Å²) >= 11 is 0. The molecule has 29 heavy (non-hydrogen) atoms. The van der Waals surface area contributed by atoms with Gasteiger partial charge in [0.05, 0.1) is 5.69 Å². The number of benzene rings is 2. The number of ether oxygens (including phenoxy) is 2. The second-order valence-corrected chi connectivity index (χ2v) is 6.91. The number of aromatic hydroxyl groups is 1. The summed E-state index contributed by atoms with van der Waals surface area (Å²) < 4.78 is 11.8. The zero-order chi connectivity index (χ0) is 20.6. The average Bonchev–Trinajstić information content (AvgIpc) is 2.74. The van der Waals surface area contributed by atoms with Crippen LogP contribution in [0.2, 0.25) is 0 Å². The number of carbonyl (C=O) groups is 1. The fraction of sp³-hybridized carbons (Fsp3) is 0.348. The Bertz CT molecular complexity index is 836. The Kier molecular flexibility index (Phi) is 7.27. The van der Waals surface area contributed by atoms with Crippen molar-refractivity contribution in [2.45, 2.75) is 32.0 Å². The summed E-state index contributed by atoms with van der Waals surface area (Å²) in [7, 11) is 0. The first-order valence-corrected chi connectivity index (χ1v) is 9.89. The van der Waals surface area contributed by atoms with Gasteiger partial charge in [0.1, 0.15) is 5.75 Å². The van der Waals surface area contributed by atoms with Crippen molar-refractivity contribution in [3.63, 3.8) is 0 Å². The van der Waals surface area contributed by atoms with E-state index < -0.39 is 12.2 Å². The molecule has 6 heteroatoms. The highest BCUT2D eigenvalue weighted by Crippen LogP contribution is 2.39. The predicted octanol–water partition coefficient (Wildman–Crippen LogP) is 3.78. The zero-order valence-corrected chi connectivity index (χ0v) is 16.5. The lowest BCUT2D eigenvalue weighted by Gasteiger charge is -2.37. The molecule has 3 rings (SSSR count). The van der Waals surface area contributed by atoms with E-state index in [2.05, 4.69) is 5.32 Å². The molecule has 0 fully saturated rings. The highest BCUT2D eigenvalue weighted by atomic mass is 16.7. The molecule has 0 saturated heterocycles. The summed E-state index contributed by atoms with van der Waals surface area (Å²) in [5.41, 5.74) is 1.37. The first-order valence-electron chi connectivity index (χ1n) is 9.89. The fourth-order valence-corrected chi connectivity index (χ4v) is 3.58. The van der Waals surface area contributed by atoms with Crippen LogP contribution in [0.5, 0.6) is 5.75 Å². The number of nitrogens with one attached hydrogen (secondary N) is 1. The van der Waals surface area contributed by atoms with Gasteiger partial charge in [0.2, 0.25) is 6.29 Å². The number of hydrogen-bond acceptors (Lipinski definition) is 5. The molecule has 0 spiro atoms. The van der Waals surface area contributed by atoms with Gasteiger partial charge in [-0.3, -0.25) is 4.79 Å². The van der Waals surface area contributed by atoms with Crippen LogP contribution in [0.25, 0.3) is 0 Å². The van der Waals surface area contributed by atoms with E-state index in [4.69, 9.17) is 9.47 Å². The van der Waals surface area contributed by atoms with Gasteiger partial charge in [-0.25, -0.2) is 0 Å². The largest absolute Gasteiger partial charge is 0.506 e. The van der Waals surface area contributed by atoms with Crippen LogP contribution in [0, 0.1) is 5.92 Å². The van der Waals surface area contributed by atoms with Gasteiger partial charge in [-0.1, -0.05) is 42.5 Å². The van der Waals surface area contributed by atoms with E-state index in [9.17, 15) is 15.0 Å². The van der Waals surface area contributed by atoms with Gasteiger partial charge in [0.15, 0.2) is 5.76 Å². The smallest absolute Gasteiger partial charge is 0.290 e. The van der Waals surface area contributed by atoms with Crippen molar-refractivity contribution in [1.29, 1.82) is 0 Å². The van der Waals surface area contributed by atoms with Crippen molar-refractivity contribution in [1.82, 2.24) is 0 Å². The fourth-order valence-electron chi connectivity index (χ4n) is 3.58. The number of amides is 1. The number of hydrogen-bond donors (Lipinski definition) is 3. The van der Waals surface area contributed by atoms with Gasteiger partial charge < -0.3 is 25.0 Å². The maximum atomic E-state index is 12.9. The van der Waals surface area contributed by atoms with E-state index >= 15 is 0 Å². The van der Waals surface area contributed by atoms with Crippen LogP contribution >= 0.6 is 0 Å². The first kappa shape index (κ1) is 20.9. The molecule has 0 saturated carbocycles. The number of aliphatic hydroxyl groups is 1. The van der Waals surface area contributed by atoms with E-state index in [1.165, 1.54) is 6.07 Å². The standard InChI is InChI=1S/C23H27NO5/c1-2-28-23-17(11-8-14-25)18(16-9-4-3-5-10-16)15-21(29-23)22(27)24-19-12-6-7-13-20(19)26/h3-7,9-10,12-13,15,17-18,23,25-26H,2,8,11,14H2,1H3,(H,24,27)/t17-,18-,23-/m1/s1. The SMILES string of the molecule is CCO[C@@H]1OC(C(=O)Nc2ccccc2O)=C[C@H](c2ccccc2)[C@H]1CCCO. The lowest BCUT2D eigenvalue weighted by molar-refractivity contribution is -0.165. The molecule has 2 aromatic rings. The van der Waals surface area contributed by atoms with E-state index in [0.717, 1.165) is 5.56 Å². The van der Waals surface area contributed by atoms with E-state index in [1.807, 2.05) is 43.3 Å². The van der Waals surface area contributed by atoms with E-state index in [1.54, 1.807) is 18.2 Å². The van der Waals surface area contributed by atoms with Gasteiger partial charge in [-0.15, -0.1) is 0 Å². The number of carbonyl (C=O) groups excluding carboxylic acids is 1. The lowest BCUT2D eigenvalue weighted by atomic mass is 9.80. The molecule has 2 aromatic carbocycles. The van der Waals surface area contributed by atoms with Crippen LogP contribution in [0.1, 0.15) is 31.2 Å². The zero-order valence-electron chi connectivity index (χ0n) is 16.5. The highest BCUT2D eigenvalue weighted by Gasteiger charge is 2.37. The second kappa shape index (κ2) is 10.1. The molecule has 3 atom stereocenters. The number of allylic oxidation sites excluding steroid dienone is 1. The number of anilines is 1. The number of phenols is 1. The topological polar surface area (TPSA) is 88.0 Å². The molecule has 0 radical (unpaired) electrons. The van der Waals surface area contributed by atoms with Crippen LogP contribution in [0.3, 0.4) is 0 Å². The van der Waals surface area contributed by atoms with Crippen molar-refractivity contribution in [3.8, 4) is 5.75 Å². The van der Waals surface area contributed by atoms with E-state index in [0.29, 0.717) is 25.1 Å². The molecule has 1 heterocycles. The van der Waals surface area contributed by atoms with Gasteiger partial charge in [0.25, 0.3) is 5.91 Å². The molecule has 1 aliphatic heterocycles. The summed E-state index contributed by atoms with van der Waals surface area (Å²) in [5.74, 6) is -0.443. The Balaban J connectivity index is 1.92. The third kappa shape index (κ3) is 5.16. The summed E-state index contributed by atoms with van der Waals surface area (Å²) in [5, 5.41) is 21.9. The summed E-state index contributed by atoms with van der Waals surface area (Å²) in [6.07, 6.45) is 2.52. The molecule has 1 aliphatic rings. The Labute approximate surface area is 170 Å². The van der Waals surface area contributed by atoms with Crippen molar-refractivity contribution in [2.24, 2.45) is 5.92 Å². The Hall–Kier alpha value is -2.83. The lowest BCUT2D eigenvalue weighted by Crippen LogP contribution is -2.37. The number of aliphatic hydroxyl groups excluding tert-OH is 1. The Morgan fingerprint density at radius 1 is 1.14 bits per heavy atom. The maximum absolute atomic E-state index is 12.9. The number of phenolic OH excluding ortho intramolecular Hbond substituents is 1. The van der Waals surface area contributed by atoms with Crippen LogP contribution in [-0.4, -0.2) is 35.6 Å². The summed E-state index contributed by atoms with van der Waals surface area (Å²) in [4.78, 5) is 12.9. The number of rotatable bonds is 8. The molecule has 6 nitrogen and oxygen atoms in total. The Morgan fingerprint density at radius 2 is 1.86 bits per heavy atom. The maximum Gasteiger partial charge on any atom is 0.290 e. The molecule has 0 aromatic heterocycles. The average molecular weight is 397 g/mol. The van der Waals surface area contributed by atoms with Crippen LogP contribution in [-0.2, 0) is 14.3 Å². The normalized spacial score (nSPS) is 21.2. The van der Waals surface area contributed by atoms with Crippen LogP contribution in [0.4, 0.5) is 5.69 Å². The first-order chi connectivity index (χ1) is 14.1. The molecule has 0 aliphatic carbocycles. The minimum atomic E-state index is -0.605. The van der Waals surface area contributed by atoms with Crippen LogP contribution in [0.15, 0.2) is 66.4 Å². The molecular formula is C23H27NO5. The van der Waals surface area contributed by atoms with Gasteiger partial charge in [-0.2, -0.15) is 0 Å². The second-order valence-electron chi connectivity index (χ2n) is 6.91. The number of para-hydroxylation sites is 2. The third-order valence-corrected chi connectivity index (χ3v) is 4.97. The Morgan fingerprint density at radius 3 is 2.55 bits per heavy atom. The van der Waals surface area contributed by atoms with Crippen molar-refractivity contribution in [3.05, 3.63) is 72.0 Å². The minimum Gasteiger partial charge on any atom is -0.506 e. The quantitative estimate of drug-likeness (QED) is 0.590. The summed E-state index contributed by atoms with van der Waals surface area (Å²) in [6.45, 7) is 2.40. The molecule has 0 unspecified atom stereocenters. The van der Waals surface area contributed by atoms with Gasteiger partial charge in [0, 0.05) is 25.0 Å². The monoisotopic (exact) mass is 397 g/mol. The molecule has 0 bridgehead atoms. The van der Waals surface area contributed by atoms with Gasteiger partial charge >= 0.3 is 0 Å². The molecular weight excluding hydrogens is 370 g/mol. The van der Waals surface area contributed by atoms with Gasteiger partial charge in [-0.05, 0) is 43.5 Å². The van der Waals surface area contributed by atoms with Crippen molar-refractivity contribution < 1.29 is 24.5 Å². The van der Waals surface area contributed by atoms with E-state index in [-0.39, 0.29) is 30.0 Å². The molecule has 3 N–H and O–H groups in total. The van der Waals surface area contributed by atoms with Crippen molar-refractivity contribution in [2.75, 3.05) is 18.5 Å². The predicted molar refractivity (Wildman–Crippen MR) is 110 cm³/mol. The highest BCUT2D eigenvalue weighted by molar-refractivity contribution is 6.03. The molecule has 1 amide bonds. The minimum absolute atomic E-state index is 0.0148. The molecule has 154 valence electrons. The van der Waals surface area contributed by atoms with Crippen LogP contribution < -0.4 is 5.32 Å². The third-order valence-electron chi connectivity index (χ3n) is 4.97. The van der Waals surface area contributed by atoms with Crippen molar-refractivity contribution >= 4 is 11.6 Å². The summed E-state index contributed by atoms with van der Waals surface area (Å²) in [6, 6.07) is 16.4.